The number of carboxylic acids is 1. The van der Waals surface area contributed by atoms with Gasteiger partial charge in [0, 0.05) is 25.2 Å². The molecule has 4 atom stereocenters. The molecule has 1 heterocycles. The number of urea groups is 1. The lowest BCUT2D eigenvalue weighted by atomic mass is 9.78. The van der Waals surface area contributed by atoms with E-state index in [1.165, 1.54) is 12.8 Å². The standard InChI is InChI=1S/C18H33N3O3/c1-13-6-4-8-16(14(13)2)19-18(24)21-10-5-7-15(9-11-21)20(3)12-17(22)23/h13-16H,4-12H2,1-3H3,(H,19,24)(H,22,23). The van der Waals surface area contributed by atoms with E-state index in [-0.39, 0.29) is 24.7 Å². The number of hydrogen-bond donors (Lipinski definition) is 2. The molecule has 0 bridgehead atoms. The van der Waals surface area contributed by atoms with E-state index in [1.54, 1.807) is 0 Å². The Hall–Kier alpha value is -1.30. The van der Waals surface area contributed by atoms with Gasteiger partial charge in [-0.1, -0.05) is 26.7 Å². The van der Waals surface area contributed by atoms with Crippen LogP contribution < -0.4 is 5.32 Å². The molecule has 2 aliphatic rings. The molecular weight excluding hydrogens is 306 g/mol. The maximum atomic E-state index is 12.6. The number of carboxylic acid groups (broad SMARTS) is 1. The smallest absolute Gasteiger partial charge is 0.317 e. The predicted molar refractivity (Wildman–Crippen MR) is 94.0 cm³/mol. The number of aliphatic carboxylic acids is 1. The summed E-state index contributed by atoms with van der Waals surface area (Å²) in [7, 11) is 1.86. The summed E-state index contributed by atoms with van der Waals surface area (Å²) in [5.41, 5.74) is 0. The SMILES string of the molecule is CC1CCCC(NC(=O)N2CCCC(N(C)CC(=O)O)CC2)C1C. The van der Waals surface area contributed by atoms with Gasteiger partial charge in [0.1, 0.15) is 0 Å². The fraction of sp³-hybridized carbons (Fsp3) is 0.889. The Balaban J connectivity index is 1.84. The molecule has 1 saturated carbocycles. The van der Waals surface area contributed by atoms with Gasteiger partial charge in [-0.2, -0.15) is 0 Å². The number of carbonyl (C=O) groups is 2. The maximum Gasteiger partial charge on any atom is 0.317 e. The topological polar surface area (TPSA) is 72.9 Å². The molecule has 2 amide bonds. The molecule has 6 nitrogen and oxygen atoms in total. The predicted octanol–water partition coefficient (Wildman–Crippen LogP) is 2.39. The highest BCUT2D eigenvalue weighted by atomic mass is 16.4. The molecule has 1 saturated heterocycles. The summed E-state index contributed by atoms with van der Waals surface area (Å²) >= 11 is 0. The minimum atomic E-state index is -0.795. The first-order valence-corrected chi connectivity index (χ1v) is 9.36. The van der Waals surface area contributed by atoms with Crippen molar-refractivity contribution in [1.29, 1.82) is 0 Å². The zero-order chi connectivity index (χ0) is 17.7. The van der Waals surface area contributed by atoms with Gasteiger partial charge in [-0.15, -0.1) is 0 Å². The fourth-order valence-electron chi connectivity index (χ4n) is 4.10. The van der Waals surface area contributed by atoms with Gasteiger partial charge in [-0.05, 0) is 44.6 Å². The molecule has 2 N–H and O–H groups in total. The van der Waals surface area contributed by atoms with E-state index in [2.05, 4.69) is 19.2 Å². The third-order valence-corrected chi connectivity index (χ3v) is 6.01. The molecule has 0 aromatic rings. The Morgan fingerprint density at radius 2 is 1.88 bits per heavy atom. The number of carbonyl (C=O) groups excluding carboxylic acids is 1. The first kappa shape index (κ1) is 19.0. The van der Waals surface area contributed by atoms with Crippen molar-refractivity contribution in [2.24, 2.45) is 11.8 Å². The largest absolute Gasteiger partial charge is 0.480 e. The third-order valence-electron chi connectivity index (χ3n) is 6.01. The van der Waals surface area contributed by atoms with Gasteiger partial charge in [0.15, 0.2) is 0 Å². The lowest BCUT2D eigenvalue weighted by molar-refractivity contribution is -0.138. The zero-order valence-corrected chi connectivity index (χ0v) is 15.3. The van der Waals surface area contributed by atoms with E-state index in [1.807, 2.05) is 16.8 Å². The molecule has 0 radical (unpaired) electrons. The highest BCUT2D eigenvalue weighted by molar-refractivity contribution is 5.74. The van der Waals surface area contributed by atoms with Crippen molar-refractivity contribution in [2.45, 2.75) is 64.5 Å². The van der Waals surface area contributed by atoms with E-state index in [0.717, 1.165) is 32.2 Å². The summed E-state index contributed by atoms with van der Waals surface area (Å²) in [4.78, 5) is 27.3. The number of hydrogen-bond acceptors (Lipinski definition) is 3. The lowest BCUT2D eigenvalue weighted by Crippen LogP contribution is -2.49. The van der Waals surface area contributed by atoms with Crippen molar-refractivity contribution in [2.75, 3.05) is 26.7 Å². The van der Waals surface area contributed by atoms with Crippen LogP contribution in [-0.2, 0) is 4.79 Å². The molecule has 0 spiro atoms. The Morgan fingerprint density at radius 1 is 1.12 bits per heavy atom. The van der Waals surface area contributed by atoms with E-state index >= 15 is 0 Å². The van der Waals surface area contributed by atoms with Crippen molar-refractivity contribution in [1.82, 2.24) is 15.1 Å². The van der Waals surface area contributed by atoms with Gasteiger partial charge in [-0.25, -0.2) is 4.79 Å². The molecule has 0 aromatic heterocycles. The maximum absolute atomic E-state index is 12.6. The van der Waals surface area contributed by atoms with Gasteiger partial charge >= 0.3 is 12.0 Å². The van der Waals surface area contributed by atoms with Crippen molar-refractivity contribution in [3.05, 3.63) is 0 Å². The van der Waals surface area contributed by atoms with Gasteiger partial charge in [0.25, 0.3) is 0 Å². The second kappa shape index (κ2) is 8.70. The van der Waals surface area contributed by atoms with Crippen LogP contribution in [-0.4, -0.2) is 65.7 Å². The second-order valence-corrected chi connectivity index (χ2v) is 7.70. The van der Waals surface area contributed by atoms with E-state index in [0.29, 0.717) is 18.4 Å². The fourth-order valence-corrected chi connectivity index (χ4v) is 4.10. The monoisotopic (exact) mass is 339 g/mol. The number of nitrogens with zero attached hydrogens (tertiary/aromatic N) is 2. The summed E-state index contributed by atoms with van der Waals surface area (Å²) in [6, 6.07) is 0.588. The molecule has 1 aliphatic carbocycles. The Morgan fingerprint density at radius 3 is 2.58 bits per heavy atom. The van der Waals surface area contributed by atoms with Crippen LogP contribution in [0, 0.1) is 11.8 Å². The van der Waals surface area contributed by atoms with E-state index in [4.69, 9.17) is 5.11 Å². The molecule has 138 valence electrons. The average molecular weight is 339 g/mol. The van der Waals surface area contributed by atoms with Crippen molar-refractivity contribution >= 4 is 12.0 Å². The van der Waals surface area contributed by atoms with Gasteiger partial charge in [-0.3, -0.25) is 9.69 Å². The normalized spacial score (nSPS) is 31.6. The number of rotatable bonds is 4. The highest BCUT2D eigenvalue weighted by Crippen LogP contribution is 2.29. The quantitative estimate of drug-likeness (QED) is 0.825. The highest BCUT2D eigenvalue weighted by Gasteiger charge is 2.30. The summed E-state index contributed by atoms with van der Waals surface area (Å²) in [6.45, 7) is 6.05. The van der Waals surface area contributed by atoms with Crippen LogP contribution in [0.3, 0.4) is 0 Å². The Labute approximate surface area is 145 Å². The van der Waals surface area contributed by atoms with E-state index in [9.17, 15) is 9.59 Å². The zero-order valence-electron chi connectivity index (χ0n) is 15.3. The molecule has 0 aromatic carbocycles. The molecule has 24 heavy (non-hydrogen) atoms. The van der Waals surface area contributed by atoms with Crippen LogP contribution in [0.15, 0.2) is 0 Å². The van der Waals surface area contributed by atoms with Crippen molar-refractivity contribution in [3.8, 4) is 0 Å². The molecule has 1 aliphatic heterocycles. The summed E-state index contributed by atoms with van der Waals surface area (Å²) in [5, 5.41) is 12.2. The van der Waals surface area contributed by atoms with Crippen molar-refractivity contribution < 1.29 is 14.7 Å². The van der Waals surface area contributed by atoms with Crippen LogP contribution in [0.1, 0.15) is 52.4 Å². The van der Waals surface area contributed by atoms with Crippen LogP contribution in [0.2, 0.25) is 0 Å². The van der Waals surface area contributed by atoms with Crippen LogP contribution >= 0.6 is 0 Å². The van der Waals surface area contributed by atoms with Gasteiger partial charge < -0.3 is 15.3 Å². The Bertz CT molecular complexity index is 443. The van der Waals surface area contributed by atoms with Gasteiger partial charge in [0.05, 0.1) is 6.54 Å². The molecule has 2 fully saturated rings. The summed E-state index contributed by atoms with van der Waals surface area (Å²) in [5.74, 6) is 0.406. The first-order valence-electron chi connectivity index (χ1n) is 9.36. The second-order valence-electron chi connectivity index (χ2n) is 7.70. The summed E-state index contributed by atoms with van der Waals surface area (Å²) in [6.07, 6.45) is 6.25. The number of likely N-dealkylation sites (tertiary alicyclic amines) is 1. The molecule has 2 rings (SSSR count). The molecule has 4 unspecified atom stereocenters. The number of likely N-dealkylation sites (N-methyl/N-ethyl adjacent to an activating group) is 1. The average Bonchev–Trinajstić information content (AvgIpc) is 2.77. The third kappa shape index (κ3) is 5.10. The van der Waals surface area contributed by atoms with Crippen LogP contribution in [0.25, 0.3) is 0 Å². The molecular formula is C18H33N3O3. The van der Waals surface area contributed by atoms with Gasteiger partial charge in [0.2, 0.25) is 0 Å². The first-order chi connectivity index (χ1) is 11.4. The Kier molecular flexibility index (Phi) is 6.90. The lowest BCUT2D eigenvalue weighted by Gasteiger charge is -2.36. The molecule has 6 heteroatoms. The summed E-state index contributed by atoms with van der Waals surface area (Å²) < 4.78 is 0. The number of nitrogens with one attached hydrogen (secondary N) is 1. The van der Waals surface area contributed by atoms with E-state index < -0.39 is 5.97 Å². The van der Waals surface area contributed by atoms with Crippen LogP contribution in [0.4, 0.5) is 4.79 Å². The number of amides is 2. The minimum Gasteiger partial charge on any atom is -0.480 e. The van der Waals surface area contributed by atoms with Crippen LogP contribution in [0.5, 0.6) is 0 Å². The minimum absolute atomic E-state index is 0.0579. The van der Waals surface area contributed by atoms with Crippen molar-refractivity contribution in [3.63, 3.8) is 0 Å².